The molecule has 1 aliphatic heterocycles. The minimum atomic E-state index is -0.0228. The molecule has 0 saturated carbocycles. The van der Waals surface area contributed by atoms with Crippen molar-refractivity contribution < 1.29 is 0 Å². The van der Waals surface area contributed by atoms with Gasteiger partial charge in [-0.3, -0.25) is 0 Å². The maximum absolute atomic E-state index is 8.88. The van der Waals surface area contributed by atoms with Crippen LogP contribution in [0.5, 0.6) is 0 Å². The van der Waals surface area contributed by atoms with E-state index in [-0.39, 0.29) is 6.04 Å². The van der Waals surface area contributed by atoms with Gasteiger partial charge in [0.1, 0.15) is 6.04 Å². The number of likely N-dealkylation sites (N-methyl/N-ethyl adjacent to an activating group) is 1. The van der Waals surface area contributed by atoms with Crippen LogP contribution in [0.4, 0.5) is 0 Å². The largest absolute Gasteiger partial charge is 0.309 e. The number of rotatable bonds is 5. The number of hydrogen-bond acceptors (Lipinski definition) is 4. The van der Waals surface area contributed by atoms with Gasteiger partial charge in [-0.25, -0.2) is 0 Å². The van der Waals surface area contributed by atoms with Crippen LogP contribution < -0.4 is 5.32 Å². The first-order valence-electron chi connectivity index (χ1n) is 6.09. The monoisotopic (exact) mass is 224 g/mol. The van der Waals surface area contributed by atoms with Gasteiger partial charge < -0.3 is 15.1 Å². The Kier molecular flexibility index (Phi) is 5.75. The fourth-order valence-electron chi connectivity index (χ4n) is 2.32. The number of nitrogens with one attached hydrogen (secondary N) is 1. The summed E-state index contributed by atoms with van der Waals surface area (Å²) in [5.41, 5.74) is 0. The molecule has 1 atom stereocenters. The van der Waals surface area contributed by atoms with E-state index in [1.54, 1.807) is 0 Å². The fraction of sp³-hybridized carbons (Fsp3) is 0.917. The molecule has 1 fully saturated rings. The highest BCUT2D eigenvalue weighted by Crippen LogP contribution is 2.17. The smallest absolute Gasteiger partial charge is 0.108 e. The van der Waals surface area contributed by atoms with E-state index in [0.717, 1.165) is 25.6 Å². The predicted octanol–water partition coefficient (Wildman–Crippen LogP) is 0.372. The number of likely N-dealkylation sites (tertiary alicyclic amines) is 1. The average molecular weight is 224 g/mol. The molecule has 1 N–H and O–H groups in total. The summed E-state index contributed by atoms with van der Waals surface area (Å²) in [5.74, 6) is 0.835. The molecule has 0 aliphatic carbocycles. The molecule has 0 aromatic heterocycles. The third-order valence-corrected chi connectivity index (χ3v) is 3.28. The van der Waals surface area contributed by atoms with Crippen LogP contribution >= 0.6 is 0 Å². The molecule has 1 heterocycles. The molecule has 92 valence electrons. The van der Waals surface area contributed by atoms with Crippen molar-refractivity contribution in [3.05, 3.63) is 0 Å². The Bertz CT molecular complexity index is 226. The molecule has 0 radical (unpaired) electrons. The van der Waals surface area contributed by atoms with E-state index in [9.17, 15) is 0 Å². The number of nitriles is 1. The Hall–Kier alpha value is -0.630. The zero-order valence-electron chi connectivity index (χ0n) is 10.7. The molecule has 1 aliphatic rings. The normalized spacial score (nSPS) is 20.9. The van der Waals surface area contributed by atoms with Gasteiger partial charge in [-0.15, -0.1) is 0 Å². The van der Waals surface area contributed by atoms with Crippen molar-refractivity contribution in [2.24, 2.45) is 5.92 Å². The second-order valence-corrected chi connectivity index (χ2v) is 4.98. The topological polar surface area (TPSA) is 42.3 Å². The first-order valence-corrected chi connectivity index (χ1v) is 6.09. The van der Waals surface area contributed by atoms with Crippen molar-refractivity contribution in [2.45, 2.75) is 18.9 Å². The molecule has 16 heavy (non-hydrogen) atoms. The van der Waals surface area contributed by atoms with Crippen molar-refractivity contribution in [3.63, 3.8) is 0 Å². The summed E-state index contributed by atoms with van der Waals surface area (Å²) in [5, 5.41) is 11.9. The summed E-state index contributed by atoms with van der Waals surface area (Å²) in [6.07, 6.45) is 2.53. The van der Waals surface area contributed by atoms with Gasteiger partial charge in [0.05, 0.1) is 6.07 Å². The van der Waals surface area contributed by atoms with E-state index in [1.807, 2.05) is 7.05 Å². The highest BCUT2D eigenvalue weighted by molar-refractivity contribution is 4.91. The zero-order chi connectivity index (χ0) is 12.0. The molecule has 1 saturated heterocycles. The Morgan fingerprint density at radius 2 is 2.06 bits per heavy atom. The Morgan fingerprint density at radius 3 is 2.50 bits per heavy atom. The van der Waals surface area contributed by atoms with Gasteiger partial charge in [0.15, 0.2) is 0 Å². The van der Waals surface area contributed by atoms with E-state index >= 15 is 0 Å². The highest BCUT2D eigenvalue weighted by atomic mass is 15.2. The summed E-state index contributed by atoms with van der Waals surface area (Å²) < 4.78 is 0. The Morgan fingerprint density at radius 1 is 1.44 bits per heavy atom. The molecule has 0 bridgehead atoms. The summed E-state index contributed by atoms with van der Waals surface area (Å²) >= 11 is 0. The van der Waals surface area contributed by atoms with E-state index < -0.39 is 0 Å². The van der Waals surface area contributed by atoms with Gasteiger partial charge in [0.2, 0.25) is 0 Å². The van der Waals surface area contributed by atoms with Crippen LogP contribution in [0.3, 0.4) is 0 Å². The average Bonchev–Trinajstić information content (AvgIpc) is 2.27. The molecule has 0 aromatic rings. The lowest BCUT2D eigenvalue weighted by atomic mass is 9.96. The summed E-state index contributed by atoms with van der Waals surface area (Å²) in [6, 6.07) is 2.26. The lowest BCUT2D eigenvalue weighted by molar-refractivity contribution is 0.158. The number of piperidine rings is 1. The minimum absolute atomic E-state index is 0.0228. The van der Waals surface area contributed by atoms with Crippen LogP contribution in [0.25, 0.3) is 0 Å². The fourth-order valence-corrected chi connectivity index (χ4v) is 2.32. The van der Waals surface area contributed by atoms with E-state index in [2.05, 4.69) is 35.3 Å². The Labute approximate surface area is 99.2 Å². The highest BCUT2D eigenvalue weighted by Gasteiger charge is 2.21. The van der Waals surface area contributed by atoms with Crippen LogP contribution in [0.15, 0.2) is 0 Å². The van der Waals surface area contributed by atoms with Gasteiger partial charge >= 0.3 is 0 Å². The second-order valence-electron chi connectivity index (χ2n) is 4.98. The summed E-state index contributed by atoms with van der Waals surface area (Å²) in [7, 11) is 6.13. The molecule has 0 spiro atoms. The Balaban J connectivity index is 2.24. The molecule has 4 nitrogen and oxygen atoms in total. The van der Waals surface area contributed by atoms with Crippen molar-refractivity contribution in [3.8, 4) is 6.07 Å². The van der Waals surface area contributed by atoms with Crippen molar-refractivity contribution in [1.29, 1.82) is 5.26 Å². The zero-order valence-corrected chi connectivity index (χ0v) is 10.7. The maximum atomic E-state index is 8.88. The van der Waals surface area contributed by atoms with E-state index in [4.69, 9.17) is 5.26 Å². The van der Waals surface area contributed by atoms with Gasteiger partial charge in [0, 0.05) is 13.1 Å². The van der Waals surface area contributed by atoms with Gasteiger partial charge in [-0.05, 0) is 53.0 Å². The number of nitrogens with zero attached hydrogens (tertiary/aromatic N) is 3. The quantitative estimate of drug-likeness (QED) is 0.733. The SMILES string of the molecule is CNC(C#N)CN1CCC(CN(C)C)CC1. The van der Waals surface area contributed by atoms with Crippen LogP contribution in [0, 0.1) is 17.2 Å². The molecule has 0 aromatic carbocycles. The third-order valence-electron chi connectivity index (χ3n) is 3.28. The standard InChI is InChI=1S/C12H24N4/c1-14-12(8-13)10-16-6-4-11(5-7-16)9-15(2)3/h11-12,14H,4-7,9-10H2,1-3H3. The van der Waals surface area contributed by atoms with Gasteiger partial charge in [0.25, 0.3) is 0 Å². The third kappa shape index (κ3) is 4.48. The maximum Gasteiger partial charge on any atom is 0.108 e. The van der Waals surface area contributed by atoms with E-state index in [1.165, 1.54) is 19.4 Å². The molecule has 1 unspecified atom stereocenters. The number of hydrogen-bond donors (Lipinski definition) is 1. The molecule has 0 amide bonds. The summed E-state index contributed by atoms with van der Waals surface area (Å²) in [4.78, 5) is 4.67. The van der Waals surface area contributed by atoms with Crippen molar-refractivity contribution >= 4 is 0 Å². The van der Waals surface area contributed by atoms with Crippen LogP contribution in [0.1, 0.15) is 12.8 Å². The molecular weight excluding hydrogens is 200 g/mol. The van der Waals surface area contributed by atoms with Gasteiger partial charge in [-0.2, -0.15) is 5.26 Å². The van der Waals surface area contributed by atoms with Crippen molar-refractivity contribution in [1.82, 2.24) is 15.1 Å². The van der Waals surface area contributed by atoms with Gasteiger partial charge in [-0.1, -0.05) is 0 Å². The first kappa shape index (κ1) is 13.4. The lowest BCUT2D eigenvalue weighted by Crippen LogP contribution is -2.43. The second kappa shape index (κ2) is 6.85. The molecule has 1 rings (SSSR count). The van der Waals surface area contributed by atoms with Crippen LogP contribution in [-0.2, 0) is 0 Å². The van der Waals surface area contributed by atoms with Crippen LogP contribution in [-0.4, -0.2) is 63.2 Å². The van der Waals surface area contributed by atoms with Crippen molar-refractivity contribution in [2.75, 3.05) is 47.3 Å². The van der Waals surface area contributed by atoms with Crippen LogP contribution in [0.2, 0.25) is 0 Å². The molecular formula is C12H24N4. The lowest BCUT2D eigenvalue weighted by Gasteiger charge is -2.33. The first-order chi connectivity index (χ1) is 7.65. The minimum Gasteiger partial charge on any atom is -0.309 e. The van der Waals surface area contributed by atoms with E-state index in [0.29, 0.717) is 0 Å². The summed E-state index contributed by atoms with van der Waals surface area (Å²) in [6.45, 7) is 4.33. The molecule has 4 heteroatoms. The predicted molar refractivity (Wildman–Crippen MR) is 66.2 cm³/mol.